The topological polar surface area (TPSA) is 78.9 Å². The van der Waals surface area contributed by atoms with Gasteiger partial charge >= 0.3 is 0 Å². The van der Waals surface area contributed by atoms with Crippen LogP contribution in [0, 0.1) is 17.2 Å². The maximum absolute atomic E-state index is 12.8. The average molecular weight is 263 g/mol. The SMILES string of the molecule is CC[C@@]1(C(=O)[C@@H](N)C2CCCCC2)CC[C@@H](C#N)N1. The van der Waals surface area contributed by atoms with Crippen LogP contribution >= 0.6 is 0 Å². The van der Waals surface area contributed by atoms with Gasteiger partial charge in [0.05, 0.1) is 23.7 Å². The van der Waals surface area contributed by atoms with Gasteiger partial charge in [0, 0.05) is 0 Å². The summed E-state index contributed by atoms with van der Waals surface area (Å²) in [6.45, 7) is 2.01. The molecule has 2 fully saturated rings. The fourth-order valence-electron chi connectivity index (χ4n) is 3.64. The van der Waals surface area contributed by atoms with E-state index in [4.69, 9.17) is 11.0 Å². The number of nitrogens with zero attached hydrogens (tertiary/aromatic N) is 1. The molecule has 0 spiro atoms. The number of nitriles is 1. The lowest BCUT2D eigenvalue weighted by Gasteiger charge is -2.34. The maximum Gasteiger partial charge on any atom is 0.169 e. The van der Waals surface area contributed by atoms with Crippen LogP contribution in [-0.2, 0) is 4.79 Å². The van der Waals surface area contributed by atoms with Crippen molar-refractivity contribution < 1.29 is 4.79 Å². The van der Waals surface area contributed by atoms with Crippen LogP contribution in [0.1, 0.15) is 58.3 Å². The lowest BCUT2D eigenvalue weighted by molar-refractivity contribution is -0.128. The second-order valence-corrected chi connectivity index (χ2v) is 6.09. The molecule has 3 N–H and O–H groups in total. The Balaban J connectivity index is 2.06. The molecule has 0 aromatic carbocycles. The van der Waals surface area contributed by atoms with Crippen molar-refractivity contribution in [3.8, 4) is 6.07 Å². The summed E-state index contributed by atoms with van der Waals surface area (Å²) >= 11 is 0. The molecule has 1 saturated carbocycles. The van der Waals surface area contributed by atoms with E-state index in [1.54, 1.807) is 0 Å². The number of carbonyl (C=O) groups is 1. The van der Waals surface area contributed by atoms with Gasteiger partial charge in [-0.1, -0.05) is 26.2 Å². The van der Waals surface area contributed by atoms with Gasteiger partial charge in [0.15, 0.2) is 5.78 Å². The quantitative estimate of drug-likeness (QED) is 0.811. The minimum absolute atomic E-state index is 0.139. The molecule has 0 unspecified atom stereocenters. The number of Topliss-reactive ketones (excluding diaryl/α,β-unsaturated/α-hetero) is 1. The Labute approximate surface area is 115 Å². The fraction of sp³-hybridized carbons (Fsp3) is 0.867. The summed E-state index contributed by atoms with van der Waals surface area (Å²) in [6.07, 6.45) is 8.05. The molecular formula is C15H25N3O. The Morgan fingerprint density at radius 2 is 2.11 bits per heavy atom. The van der Waals surface area contributed by atoms with Crippen LogP contribution in [0.3, 0.4) is 0 Å². The van der Waals surface area contributed by atoms with Crippen molar-refractivity contribution in [2.45, 2.75) is 75.9 Å². The van der Waals surface area contributed by atoms with Crippen LogP contribution in [0.4, 0.5) is 0 Å². The zero-order chi connectivity index (χ0) is 13.9. The van der Waals surface area contributed by atoms with Gasteiger partial charge < -0.3 is 5.73 Å². The lowest BCUT2D eigenvalue weighted by atomic mass is 9.76. The van der Waals surface area contributed by atoms with Crippen molar-refractivity contribution in [3.63, 3.8) is 0 Å². The van der Waals surface area contributed by atoms with E-state index in [9.17, 15) is 4.79 Å². The van der Waals surface area contributed by atoms with E-state index in [1.807, 2.05) is 6.92 Å². The van der Waals surface area contributed by atoms with E-state index in [0.717, 1.165) is 32.1 Å². The van der Waals surface area contributed by atoms with Gasteiger partial charge in [0.25, 0.3) is 0 Å². The summed E-state index contributed by atoms with van der Waals surface area (Å²) in [5.41, 5.74) is 5.70. The van der Waals surface area contributed by atoms with Crippen LogP contribution in [0.5, 0.6) is 0 Å². The highest BCUT2D eigenvalue weighted by atomic mass is 16.1. The molecule has 4 nitrogen and oxygen atoms in total. The molecule has 3 atom stereocenters. The number of carbonyl (C=O) groups excluding carboxylic acids is 1. The normalized spacial score (nSPS) is 33.8. The summed E-state index contributed by atoms with van der Waals surface area (Å²) < 4.78 is 0. The van der Waals surface area contributed by atoms with E-state index < -0.39 is 5.54 Å². The molecule has 0 aromatic heterocycles. The first-order valence-corrected chi connectivity index (χ1v) is 7.60. The minimum Gasteiger partial charge on any atom is -0.321 e. The van der Waals surface area contributed by atoms with E-state index in [2.05, 4.69) is 11.4 Å². The van der Waals surface area contributed by atoms with Gasteiger partial charge in [-0.2, -0.15) is 5.26 Å². The van der Waals surface area contributed by atoms with E-state index >= 15 is 0 Å². The van der Waals surface area contributed by atoms with Gasteiger partial charge in [0.2, 0.25) is 0 Å². The molecule has 0 aromatic rings. The second-order valence-electron chi connectivity index (χ2n) is 6.09. The molecule has 2 rings (SSSR count). The number of ketones is 1. The Morgan fingerprint density at radius 3 is 2.63 bits per heavy atom. The molecule has 106 valence electrons. The van der Waals surface area contributed by atoms with Crippen molar-refractivity contribution >= 4 is 5.78 Å². The second kappa shape index (κ2) is 6.02. The molecule has 19 heavy (non-hydrogen) atoms. The molecule has 0 radical (unpaired) electrons. The maximum atomic E-state index is 12.8. The predicted molar refractivity (Wildman–Crippen MR) is 74.4 cm³/mol. The van der Waals surface area contributed by atoms with Crippen molar-refractivity contribution in [1.29, 1.82) is 5.26 Å². The van der Waals surface area contributed by atoms with Gasteiger partial charge in [0.1, 0.15) is 0 Å². The third kappa shape index (κ3) is 2.82. The highest BCUT2D eigenvalue weighted by molar-refractivity contribution is 5.93. The molecule has 2 aliphatic rings. The van der Waals surface area contributed by atoms with Crippen LogP contribution in [0.2, 0.25) is 0 Å². The van der Waals surface area contributed by atoms with Gasteiger partial charge in [-0.3, -0.25) is 10.1 Å². The summed E-state index contributed by atoms with van der Waals surface area (Å²) in [6, 6.07) is 1.67. The summed E-state index contributed by atoms with van der Waals surface area (Å²) in [5.74, 6) is 0.479. The van der Waals surface area contributed by atoms with Gasteiger partial charge in [-0.25, -0.2) is 0 Å². The minimum atomic E-state index is -0.544. The third-order valence-corrected chi connectivity index (χ3v) is 5.00. The Hall–Kier alpha value is -0.920. The summed E-state index contributed by atoms with van der Waals surface area (Å²) in [4.78, 5) is 12.8. The zero-order valence-electron chi connectivity index (χ0n) is 11.8. The Morgan fingerprint density at radius 1 is 1.42 bits per heavy atom. The standard InChI is InChI=1S/C15H25N3O/c1-2-15(9-8-12(10-16)18-15)14(19)13(17)11-6-4-3-5-7-11/h11-13,18H,2-9,17H2,1H3/t12-,13-,15-/m0/s1. The largest absolute Gasteiger partial charge is 0.321 e. The van der Waals surface area contributed by atoms with E-state index in [0.29, 0.717) is 5.92 Å². The molecule has 1 saturated heterocycles. The average Bonchev–Trinajstić information content (AvgIpc) is 2.91. The van der Waals surface area contributed by atoms with Crippen molar-refractivity contribution in [2.75, 3.05) is 0 Å². The molecule has 0 bridgehead atoms. The molecular weight excluding hydrogens is 238 g/mol. The first-order chi connectivity index (χ1) is 9.13. The molecule has 0 amide bonds. The van der Waals surface area contributed by atoms with E-state index in [-0.39, 0.29) is 17.9 Å². The summed E-state index contributed by atoms with van der Waals surface area (Å²) in [5, 5.41) is 12.2. The number of rotatable bonds is 4. The van der Waals surface area contributed by atoms with Crippen molar-refractivity contribution in [2.24, 2.45) is 11.7 Å². The number of nitrogens with two attached hydrogens (primary N) is 1. The smallest absolute Gasteiger partial charge is 0.169 e. The fourth-order valence-corrected chi connectivity index (χ4v) is 3.64. The number of hydrogen-bond acceptors (Lipinski definition) is 4. The summed E-state index contributed by atoms with van der Waals surface area (Å²) in [7, 11) is 0. The Bertz CT molecular complexity index is 370. The van der Waals surface area contributed by atoms with Crippen LogP contribution < -0.4 is 11.1 Å². The van der Waals surface area contributed by atoms with Crippen molar-refractivity contribution in [3.05, 3.63) is 0 Å². The number of hydrogen-bond donors (Lipinski definition) is 2. The first-order valence-electron chi connectivity index (χ1n) is 7.60. The van der Waals surface area contributed by atoms with Crippen LogP contribution in [-0.4, -0.2) is 23.4 Å². The molecule has 1 heterocycles. The molecule has 1 aliphatic carbocycles. The molecule has 4 heteroatoms. The van der Waals surface area contributed by atoms with E-state index in [1.165, 1.54) is 19.3 Å². The Kier molecular flexibility index (Phi) is 4.59. The predicted octanol–water partition coefficient (Wildman–Crippen LogP) is 1.89. The van der Waals surface area contributed by atoms with Crippen molar-refractivity contribution in [1.82, 2.24) is 5.32 Å². The first kappa shape index (κ1) is 14.5. The van der Waals surface area contributed by atoms with Crippen LogP contribution in [0.25, 0.3) is 0 Å². The van der Waals surface area contributed by atoms with Gasteiger partial charge in [-0.05, 0) is 38.0 Å². The molecule has 1 aliphatic heterocycles. The number of nitrogens with one attached hydrogen (secondary N) is 1. The highest BCUT2D eigenvalue weighted by Crippen LogP contribution is 2.33. The monoisotopic (exact) mass is 263 g/mol. The zero-order valence-corrected chi connectivity index (χ0v) is 11.8. The highest BCUT2D eigenvalue weighted by Gasteiger charge is 2.46. The third-order valence-electron chi connectivity index (χ3n) is 5.00. The van der Waals surface area contributed by atoms with Gasteiger partial charge in [-0.15, -0.1) is 0 Å². The lowest BCUT2D eigenvalue weighted by Crippen LogP contribution is -2.57. The van der Waals surface area contributed by atoms with Crippen LogP contribution in [0.15, 0.2) is 0 Å².